The van der Waals surface area contributed by atoms with E-state index in [1.165, 1.54) is 44.9 Å². The first-order valence-electron chi connectivity index (χ1n) is 11.4. The molecule has 3 aliphatic rings. The SMILES string of the molecule is CCCCC(OC)C(CCCC)[Se][C@H]1[C@H]2CC[C@](C)(C2(C)C)C12CNC(=O)O2. The van der Waals surface area contributed by atoms with Crippen LogP contribution < -0.4 is 5.32 Å². The van der Waals surface area contributed by atoms with E-state index in [0.29, 0.717) is 43.2 Å². The van der Waals surface area contributed by atoms with Crippen molar-refractivity contribution < 1.29 is 14.3 Å². The Kier molecular flexibility index (Phi) is 6.79. The average Bonchev–Trinajstić information content (AvgIpc) is 3.20. The van der Waals surface area contributed by atoms with Crippen LogP contribution in [0.1, 0.15) is 86.0 Å². The minimum atomic E-state index is -0.315. The van der Waals surface area contributed by atoms with Crippen LogP contribution in [0.5, 0.6) is 0 Å². The van der Waals surface area contributed by atoms with Gasteiger partial charge in [0.15, 0.2) is 0 Å². The van der Waals surface area contributed by atoms with Crippen LogP contribution in [-0.4, -0.2) is 46.4 Å². The average molecular weight is 459 g/mol. The van der Waals surface area contributed by atoms with Crippen molar-refractivity contribution in [2.75, 3.05) is 13.7 Å². The Hall–Kier alpha value is -0.251. The molecule has 0 radical (unpaired) electrons. The van der Waals surface area contributed by atoms with Crippen molar-refractivity contribution in [2.24, 2.45) is 16.7 Å². The predicted molar refractivity (Wildman–Crippen MR) is 115 cm³/mol. The zero-order valence-electron chi connectivity index (χ0n) is 18.8. The molecule has 162 valence electrons. The number of carbonyl (C=O) groups is 1. The number of amides is 1. The molecule has 1 saturated heterocycles. The van der Waals surface area contributed by atoms with Gasteiger partial charge in [-0.05, 0) is 0 Å². The van der Waals surface area contributed by atoms with Crippen LogP contribution in [0, 0.1) is 16.7 Å². The Balaban J connectivity index is 1.89. The summed E-state index contributed by atoms with van der Waals surface area (Å²) in [6.45, 7) is 12.5. The Bertz CT molecular complexity index is 568. The van der Waals surface area contributed by atoms with Crippen LogP contribution in [-0.2, 0) is 9.47 Å². The third kappa shape index (κ3) is 3.34. The van der Waals surface area contributed by atoms with Gasteiger partial charge in [-0.1, -0.05) is 0 Å². The summed E-state index contributed by atoms with van der Waals surface area (Å²) in [6.07, 6.45) is 9.96. The second-order valence-electron chi connectivity index (χ2n) is 9.99. The standard InChI is InChI=1S/C23H41NO3Se/c1-7-9-11-17(26-6)18(12-10-8-2)28-19-16-13-14-22(5,21(16,3)4)23(19)15-24-20(25)27-23/h16-19H,7-15H2,1-6H3,(H,24,25)/t16-,17?,18?,19+,22-,23?/m1/s1. The van der Waals surface area contributed by atoms with Gasteiger partial charge in [0.2, 0.25) is 0 Å². The molecule has 1 aliphatic heterocycles. The maximum absolute atomic E-state index is 12.2. The molecule has 3 rings (SSSR count). The van der Waals surface area contributed by atoms with Gasteiger partial charge in [-0.15, -0.1) is 0 Å². The molecule has 2 aliphatic carbocycles. The number of nitrogens with one attached hydrogen (secondary N) is 1. The van der Waals surface area contributed by atoms with Crippen molar-refractivity contribution >= 4 is 21.1 Å². The molecule has 28 heavy (non-hydrogen) atoms. The van der Waals surface area contributed by atoms with E-state index >= 15 is 0 Å². The topological polar surface area (TPSA) is 47.6 Å². The van der Waals surface area contributed by atoms with Crippen LogP contribution in [0.4, 0.5) is 4.79 Å². The Morgan fingerprint density at radius 1 is 1.21 bits per heavy atom. The summed E-state index contributed by atoms with van der Waals surface area (Å²) in [5, 5.41) is 3.04. The summed E-state index contributed by atoms with van der Waals surface area (Å²) in [5.74, 6) is 0.651. The number of carbonyl (C=O) groups excluding carboxylic acids is 1. The molecule has 3 fully saturated rings. The van der Waals surface area contributed by atoms with Crippen molar-refractivity contribution in [2.45, 2.75) is 107 Å². The van der Waals surface area contributed by atoms with E-state index < -0.39 is 0 Å². The van der Waals surface area contributed by atoms with Crippen molar-refractivity contribution in [3.05, 3.63) is 0 Å². The molecule has 1 N–H and O–H groups in total. The zero-order valence-corrected chi connectivity index (χ0v) is 20.5. The normalized spacial score (nSPS) is 37.9. The van der Waals surface area contributed by atoms with Gasteiger partial charge in [-0.2, -0.15) is 0 Å². The van der Waals surface area contributed by atoms with E-state index in [4.69, 9.17) is 9.47 Å². The summed E-state index contributed by atoms with van der Waals surface area (Å²) in [5.41, 5.74) is -0.0332. The van der Waals surface area contributed by atoms with Crippen LogP contribution >= 0.6 is 0 Å². The monoisotopic (exact) mass is 459 g/mol. The van der Waals surface area contributed by atoms with E-state index in [0.717, 1.165) is 6.42 Å². The van der Waals surface area contributed by atoms with Crippen LogP contribution in [0.15, 0.2) is 0 Å². The zero-order chi connectivity index (χ0) is 20.6. The van der Waals surface area contributed by atoms with Gasteiger partial charge in [0, 0.05) is 0 Å². The van der Waals surface area contributed by atoms with Gasteiger partial charge in [0.1, 0.15) is 0 Å². The van der Waals surface area contributed by atoms with Gasteiger partial charge in [-0.25, -0.2) is 0 Å². The van der Waals surface area contributed by atoms with Crippen LogP contribution in [0.25, 0.3) is 0 Å². The molecule has 4 nitrogen and oxygen atoms in total. The minimum absolute atomic E-state index is 0.0670. The Morgan fingerprint density at radius 2 is 1.89 bits per heavy atom. The number of unbranched alkanes of at least 4 members (excludes halogenated alkanes) is 2. The molecule has 1 amide bonds. The molecule has 1 heterocycles. The second-order valence-corrected chi connectivity index (χ2v) is 12.9. The van der Waals surface area contributed by atoms with E-state index in [2.05, 4.69) is 39.9 Å². The summed E-state index contributed by atoms with van der Waals surface area (Å²) < 4.78 is 12.3. The molecule has 5 heteroatoms. The first-order chi connectivity index (χ1) is 13.3. The van der Waals surface area contributed by atoms with E-state index in [1.807, 2.05) is 7.11 Å². The molecular formula is C23H41NO3Se. The van der Waals surface area contributed by atoms with Crippen molar-refractivity contribution in [3.63, 3.8) is 0 Å². The van der Waals surface area contributed by atoms with E-state index in [-0.39, 0.29) is 22.5 Å². The first kappa shape index (κ1) is 22.4. The molecular weight excluding hydrogens is 417 g/mol. The van der Waals surface area contributed by atoms with Crippen molar-refractivity contribution in [1.29, 1.82) is 0 Å². The van der Waals surface area contributed by atoms with Gasteiger partial charge in [0.05, 0.1) is 0 Å². The van der Waals surface area contributed by atoms with Crippen LogP contribution in [0.2, 0.25) is 9.63 Å². The van der Waals surface area contributed by atoms with Crippen molar-refractivity contribution in [1.82, 2.24) is 5.32 Å². The number of methoxy groups -OCH3 is 1. The maximum atomic E-state index is 12.2. The van der Waals surface area contributed by atoms with Gasteiger partial charge in [-0.3, -0.25) is 0 Å². The number of alkyl carbamates (subject to hydrolysis) is 1. The Labute approximate surface area is 178 Å². The van der Waals surface area contributed by atoms with Crippen LogP contribution in [0.3, 0.4) is 0 Å². The third-order valence-electron chi connectivity index (χ3n) is 8.56. The van der Waals surface area contributed by atoms with Crippen molar-refractivity contribution in [3.8, 4) is 0 Å². The number of ether oxygens (including phenoxy) is 2. The molecule has 0 aromatic rings. The molecule has 2 bridgehead atoms. The molecule has 2 saturated carbocycles. The molecule has 3 unspecified atom stereocenters. The second kappa shape index (κ2) is 8.47. The third-order valence-corrected chi connectivity index (χ3v) is 12.5. The fourth-order valence-electron chi connectivity index (χ4n) is 6.37. The number of fused-ring (bicyclic) bond motifs is 3. The summed E-state index contributed by atoms with van der Waals surface area (Å²) >= 11 is 0.399. The first-order valence-corrected chi connectivity index (χ1v) is 13.4. The van der Waals surface area contributed by atoms with E-state index in [9.17, 15) is 4.79 Å². The fraction of sp³-hybridized carbons (Fsp3) is 0.957. The molecule has 1 spiro atoms. The summed E-state index contributed by atoms with van der Waals surface area (Å²) in [7, 11) is 1.90. The predicted octanol–water partition coefficient (Wildman–Crippen LogP) is 5.60. The van der Waals surface area contributed by atoms with Gasteiger partial charge in [0.25, 0.3) is 0 Å². The molecule has 0 aromatic carbocycles. The Morgan fingerprint density at radius 3 is 2.46 bits per heavy atom. The van der Waals surface area contributed by atoms with Gasteiger partial charge >= 0.3 is 178 Å². The molecule has 0 aromatic heterocycles. The quantitative estimate of drug-likeness (QED) is 0.434. The van der Waals surface area contributed by atoms with Gasteiger partial charge < -0.3 is 0 Å². The summed E-state index contributed by atoms with van der Waals surface area (Å²) in [6, 6.07) is 0. The number of rotatable bonds is 10. The fourth-order valence-corrected chi connectivity index (χ4v) is 11.4. The van der Waals surface area contributed by atoms with E-state index in [1.54, 1.807) is 0 Å². The number of hydrogen-bond donors (Lipinski definition) is 1. The molecule has 6 atom stereocenters. The summed E-state index contributed by atoms with van der Waals surface area (Å²) in [4.78, 5) is 13.3. The number of hydrogen-bond acceptors (Lipinski definition) is 3.